The first-order valence-electron chi connectivity index (χ1n) is 10.6. The number of carbonyl (C=O) groups is 1. The average molecular weight is 473 g/mol. The van der Waals surface area contributed by atoms with Crippen molar-refractivity contribution in [2.24, 2.45) is 4.99 Å². The Bertz CT molecular complexity index is 1360. The minimum absolute atomic E-state index is 0.244. The van der Waals surface area contributed by atoms with Crippen molar-refractivity contribution in [3.8, 4) is 6.07 Å². The summed E-state index contributed by atoms with van der Waals surface area (Å²) in [5.41, 5.74) is 11.4. The lowest BCUT2D eigenvalue weighted by atomic mass is 10.0. The first-order valence-corrected chi connectivity index (χ1v) is 11.0. The summed E-state index contributed by atoms with van der Waals surface area (Å²) in [6, 6.07) is 9.39. The fourth-order valence-electron chi connectivity index (χ4n) is 3.72. The second-order valence-corrected chi connectivity index (χ2v) is 8.24. The minimum Gasteiger partial charge on any atom is -0.384 e. The van der Waals surface area contributed by atoms with Crippen LogP contribution in [0.2, 0.25) is 5.02 Å². The van der Waals surface area contributed by atoms with Crippen molar-refractivity contribution in [2.45, 2.75) is 33.7 Å². The molecule has 3 rings (SSSR count). The fraction of sp³-hybridized carbons (Fsp3) is 0.192. The molecule has 7 nitrogen and oxygen atoms in total. The third-order valence-electron chi connectivity index (χ3n) is 5.41. The van der Waals surface area contributed by atoms with E-state index < -0.39 is 0 Å². The number of hydrogen-bond acceptors (Lipinski definition) is 6. The number of nitrogens with one attached hydrogen (secondary N) is 1. The van der Waals surface area contributed by atoms with Crippen LogP contribution in [0.4, 0.5) is 5.82 Å². The molecule has 1 aromatic carbocycles. The molecule has 0 fully saturated rings. The molecule has 2 heterocycles. The third kappa shape index (κ3) is 5.66. The maximum atomic E-state index is 12.9. The summed E-state index contributed by atoms with van der Waals surface area (Å²) in [5, 5.41) is 13.7. The highest BCUT2D eigenvalue weighted by molar-refractivity contribution is 6.31. The van der Waals surface area contributed by atoms with Gasteiger partial charge in [0.05, 0.1) is 16.1 Å². The van der Waals surface area contributed by atoms with E-state index in [0.717, 1.165) is 27.8 Å². The highest BCUT2D eigenvalue weighted by atomic mass is 35.5. The molecule has 0 spiro atoms. The average Bonchev–Trinajstić information content (AvgIpc) is 2.79. The van der Waals surface area contributed by atoms with Gasteiger partial charge in [-0.25, -0.2) is 4.98 Å². The molecule has 2 aromatic heterocycles. The van der Waals surface area contributed by atoms with Crippen LogP contribution in [-0.2, 0) is 17.8 Å². The van der Waals surface area contributed by atoms with Gasteiger partial charge in [-0.3, -0.25) is 14.8 Å². The first-order chi connectivity index (χ1) is 16.2. The van der Waals surface area contributed by atoms with Crippen LogP contribution >= 0.6 is 11.6 Å². The molecular formula is C26H25ClN6O. The lowest BCUT2D eigenvalue weighted by Gasteiger charge is -2.12. The van der Waals surface area contributed by atoms with E-state index in [4.69, 9.17) is 17.3 Å². The molecule has 3 aromatic rings. The van der Waals surface area contributed by atoms with Crippen LogP contribution in [0.25, 0.3) is 10.9 Å². The molecule has 8 heteroatoms. The smallest absolute Gasteiger partial charge is 0.251 e. The molecule has 0 radical (unpaired) electrons. The number of aromatic nitrogens is 2. The van der Waals surface area contributed by atoms with Crippen LogP contribution in [0.3, 0.4) is 0 Å². The van der Waals surface area contributed by atoms with Crippen molar-refractivity contribution >= 4 is 40.9 Å². The number of nitrogen functional groups attached to an aromatic ring is 1. The Morgan fingerprint density at radius 2 is 2.09 bits per heavy atom. The second-order valence-electron chi connectivity index (χ2n) is 7.81. The van der Waals surface area contributed by atoms with Gasteiger partial charge in [0.25, 0.3) is 5.91 Å². The van der Waals surface area contributed by atoms with Gasteiger partial charge < -0.3 is 11.1 Å². The molecule has 0 saturated carbocycles. The predicted octanol–water partition coefficient (Wildman–Crippen LogP) is 4.74. The number of nitriles is 1. The van der Waals surface area contributed by atoms with E-state index in [1.54, 1.807) is 37.3 Å². The number of anilines is 1. The van der Waals surface area contributed by atoms with Crippen molar-refractivity contribution in [3.05, 3.63) is 86.9 Å². The summed E-state index contributed by atoms with van der Waals surface area (Å²) in [5.74, 6) is 0.210. The van der Waals surface area contributed by atoms with Gasteiger partial charge in [0, 0.05) is 41.5 Å². The lowest BCUT2D eigenvalue weighted by Crippen LogP contribution is -2.25. The Hall–Kier alpha value is -4.02. The number of nitrogens with zero attached hydrogens (tertiary/aromatic N) is 4. The van der Waals surface area contributed by atoms with E-state index in [2.05, 4.69) is 33.1 Å². The quantitative estimate of drug-likeness (QED) is 0.292. The van der Waals surface area contributed by atoms with Gasteiger partial charge in [-0.1, -0.05) is 17.7 Å². The number of pyridine rings is 2. The molecule has 0 saturated heterocycles. The number of allylic oxidation sites excluding steroid dienone is 2. The largest absolute Gasteiger partial charge is 0.384 e. The molecule has 0 aliphatic carbocycles. The maximum absolute atomic E-state index is 12.9. The molecule has 3 N–H and O–H groups in total. The van der Waals surface area contributed by atoms with Crippen LogP contribution < -0.4 is 11.1 Å². The fourth-order valence-corrected chi connectivity index (χ4v) is 3.89. The lowest BCUT2D eigenvalue weighted by molar-refractivity contribution is -0.117. The van der Waals surface area contributed by atoms with E-state index in [1.165, 1.54) is 6.20 Å². The molecule has 0 aliphatic heterocycles. The number of nitrogens with two attached hydrogens (primary N) is 1. The Kier molecular flexibility index (Phi) is 7.77. The zero-order chi connectivity index (χ0) is 24.8. The summed E-state index contributed by atoms with van der Waals surface area (Å²) < 4.78 is 0. The summed E-state index contributed by atoms with van der Waals surface area (Å²) in [6.07, 6.45) is 5.30. The van der Waals surface area contributed by atoms with Crippen LogP contribution in [0.5, 0.6) is 0 Å². The molecular weight excluding hydrogens is 448 g/mol. The summed E-state index contributed by atoms with van der Waals surface area (Å²) in [7, 11) is 0. The van der Waals surface area contributed by atoms with Crippen LogP contribution in [0.15, 0.2) is 58.9 Å². The van der Waals surface area contributed by atoms with E-state index >= 15 is 0 Å². The van der Waals surface area contributed by atoms with Gasteiger partial charge in [0.2, 0.25) is 0 Å². The maximum Gasteiger partial charge on any atom is 0.251 e. The summed E-state index contributed by atoms with van der Waals surface area (Å²) in [4.78, 5) is 25.5. The normalized spacial score (nSPS) is 11.9. The molecule has 0 aliphatic rings. The number of amides is 1. The Morgan fingerprint density at radius 3 is 2.74 bits per heavy atom. The number of aryl methyl sites for hydroxylation is 2. The van der Waals surface area contributed by atoms with Gasteiger partial charge >= 0.3 is 0 Å². The van der Waals surface area contributed by atoms with E-state index in [9.17, 15) is 10.1 Å². The number of carbonyl (C=O) groups excluding carboxylic acids is 1. The van der Waals surface area contributed by atoms with Gasteiger partial charge in [0.1, 0.15) is 11.9 Å². The van der Waals surface area contributed by atoms with E-state index in [1.807, 2.05) is 19.9 Å². The second kappa shape index (κ2) is 10.7. The van der Waals surface area contributed by atoms with Gasteiger partial charge in [-0.2, -0.15) is 5.26 Å². The predicted molar refractivity (Wildman–Crippen MR) is 137 cm³/mol. The summed E-state index contributed by atoms with van der Waals surface area (Å²) in [6.45, 7) is 9.56. The third-order valence-corrected chi connectivity index (χ3v) is 5.62. The molecule has 34 heavy (non-hydrogen) atoms. The van der Waals surface area contributed by atoms with Crippen molar-refractivity contribution < 1.29 is 4.79 Å². The monoisotopic (exact) mass is 472 g/mol. The van der Waals surface area contributed by atoms with Gasteiger partial charge in [-0.15, -0.1) is 0 Å². The highest BCUT2D eigenvalue weighted by Gasteiger charge is 2.12. The number of benzene rings is 1. The van der Waals surface area contributed by atoms with Gasteiger partial charge in [0.15, 0.2) is 0 Å². The zero-order valence-electron chi connectivity index (χ0n) is 19.3. The minimum atomic E-state index is -0.244. The molecule has 0 bridgehead atoms. The summed E-state index contributed by atoms with van der Waals surface area (Å²) >= 11 is 6.08. The number of fused-ring (bicyclic) bond motifs is 1. The van der Waals surface area contributed by atoms with Crippen molar-refractivity contribution in [1.82, 2.24) is 15.3 Å². The van der Waals surface area contributed by atoms with Crippen LogP contribution in [0, 0.1) is 25.2 Å². The first kappa shape index (κ1) is 24.6. The van der Waals surface area contributed by atoms with E-state index in [-0.39, 0.29) is 5.91 Å². The molecule has 0 unspecified atom stereocenters. The van der Waals surface area contributed by atoms with Crippen LogP contribution in [-0.4, -0.2) is 22.6 Å². The van der Waals surface area contributed by atoms with Gasteiger partial charge in [-0.05, 0) is 74.5 Å². The molecule has 172 valence electrons. The Labute approximate surface area is 203 Å². The van der Waals surface area contributed by atoms with Crippen LogP contribution in [0.1, 0.15) is 34.9 Å². The topological polar surface area (TPSA) is 117 Å². The number of hydrogen-bond donors (Lipinski definition) is 2. The Balaban J connectivity index is 1.82. The standard InChI is InChI=1S/C26H25ClN6O/c1-5-18(26(34)32-14-23-15(2)6-24(29)33-16(23)3)11-22(30-4)9-17-7-19-10-21(27)13-31-25(19)20(8-17)12-28/h5-8,10-11,13H,4,9,14H2,1-3H3,(H2,29,33)(H,32,34)/b18-5+,22-11-. The molecule has 1 amide bonds. The Morgan fingerprint density at radius 1 is 1.32 bits per heavy atom. The van der Waals surface area contributed by atoms with Crippen molar-refractivity contribution in [1.29, 1.82) is 5.26 Å². The SMILES string of the molecule is C=N/C(=C\C(=C/C)C(=O)NCc1c(C)cc(N)nc1C)Cc1cc(C#N)c2ncc(Cl)cc2c1. The number of halogens is 1. The zero-order valence-corrected chi connectivity index (χ0v) is 20.1. The van der Waals surface area contributed by atoms with Crippen molar-refractivity contribution in [3.63, 3.8) is 0 Å². The van der Waals surface area contributed by atoms with Crippen molar-refractivity contribution in [2.75, 3.05) is 5.73 Å². The number of aliphatic imine (C=N–C) groups is 1. The molecule has 0 atom stereocenters. The van der Waals surface area contributed by atoms with E-state index in [0.29, 0.717) is 46.2 Å². The highest BCUT2D eigenvalue weighted by Crippen LogP contribution is 2.24. The number of rotatable bonds is 7.